The number of Topliss-reactive ketones (excluding diaryl/α,β-unsaturated/α-hetero) is 1. The summed E-state index contributed by atoms with van der Waals surface area (Å²) in [7, 11) is 0. The predicted molar refractivity (Wildman–Crippen MR) is 132 cm³/mol. The van der Waals surface area contributed by atoms with Crippen LogP contribution in [-0.2, 0) is 6.61 Å². The third-order valence-corrected chi connectivity index (χ3v) is 7.29. The van der Waals surface area contributed by atoms with E-state index in [-0.39, 0.29) is 5.78 Å². The fraction of sp³-hybridized carbons (Fsp3) is 0.0455. The average Bonchev–Trinajstić information content (AvgIpc) is 2.98. The first kappa shape index (κ1) is 20.3. The van der Waals surface area contributed by atoms with Gasteiger partial charge in [0, 0.05) is 21.0 Å². The van der Waals surface area contributed by atoms with Gasteiger partial charge in [0.25, 0.3) is 0 Å². The highest BCUT2D eigenvalue weighted by Crippen LogP contribution is 2.41. The number of ether oxygens (including phenoxy) is 1. The number of ketones is 1. The Morgan fingerprint density at radius 3 is 2.39 bits per heavy atom. The van der Waals surface area contributed by atoms with Crippen molar-refractivity contribution in [1.29, 1.82) is 0 Å². The molecule has 0 atom stereocenters. The SMILES string of the molecule is O=C1/C(=C/c2cc(I)c(OCc3ccccc3Cl)c(I)c2)Sc2ccccc21. The Labute approximate surface area is 200 Å². The Kier molecular flexibility index (Phi) is 6.34. The number of fused-ring (bicyclic) bond motifs is 1. The molecule has 0 unspecified atom stereocenters. The van der Waals surface area contributed by atoms with E-state index in [1.807, 2.05) is 66.7 Å². The van der Waals surface area contributed by atoms with Crippen LogP contribution in [0.1, 0.15) is 21.5 Å². The van der Waals surface area contributed by atoms with E-state index < -0.39 is 0 Å². The summed E-state index contributed by atoms with van der Waals surface area (Å²) in [6.07, 6.45) is 1.95. The lowest BCUT2D eigenvalue weighted by atomic mass is 10.1. The van der Waals surface area contributed by atoms with Gasteiger partial charge in [0.05, 0.1) is 12.0 Å². The molecule has 0 saturated heterocycles. The number of carbonyl (C=O) groups excluding carboxylic acids is 1. The Morgan fingerprint density at radius 2 is 1.68 bits per heavy atom. The number of halogens is 3. The smallest absolute Gasteiger partial charge is 0.200 e. The van der Waals surface area contributed by atoms with Crippen molar-refractivity contribution in [3.63, 3.8) is 0 Å². The molecule has 28 heavy (non-hydrogen) atoms. The summed E-state index contributed by atoms with van der Waals surface area (Å²) < 4.78 is 8.03. The van der Waals surface area contributed by atoms with E-state index in [9.17, 15) is 4.79 Å². The molecule has 1 aliphatic rings. The van der Waals surface area contributed by atoms with E-state index >= 15 is 0 Å². The fourth-order valence-corrected chi connectivity index (χ4v) is 6.22. The number of thioether (sulfide) groups is 1. The van der Waals surface area contributed by atoms with Crippen LogP contribution in [0.2, 0.25) is 5.02 Å². The fourth-order valence-electron chi connectivity index (χ4n) is 2.85. The van der Waals surface area contributed by atoms with Crippen molar-refractivity contribution in [1.82, 2.24) is 0 Å². The molecule has 0 spiro atoms. The van der Waals surface area contributed by atoms with Crippen molar-refractivity contribution in [2.45, 2.75) is 11.5 Å². The van der Waals surface area contributed by atoms with E-state index in [0.29, 0.717) is 11.6 Å². The van der Waals surface area contributed by atoms with E-state index in [2.05, 4.69) is 45.2 Å². The number of allylic oxidation sites excluding steroid dienone is 1. The molecular formula is C22H13ClI2O2S. The summed E-state index contributed by atoms with van der Waals surface area (Å²) in [4.78, 5) is 14.4. The Hall–Kier alpha value is -1.03. The minimum Gasteiger partial charge on any atom is -0.487 e. The summed E-state index contributed by atoms with van der Waals surface area (Å²) in [5, 5.41) is 0.699. The second-order valence-corrected chi connectivity index (χ2v) is 9.95. The van der Waals surface area contributed by atoms with Gasteiger partial charge in [0.15, 0.2) is 0 Å². The van der Waals surface area contributed by atoms with E-state index in [0.717, 1.165) is 39.4 Å². The first-order valence-electron chi connectivity index (χ1n) is 8.41. The molecule has 4 rings (SSSR count). The van der Waals surface area contributed by atoms with Crippen LogP contribution in [0.25, 0.3) is 6.08 Å². The van der Waals surface area contributed by atoms with E-state index in [4.69, 9.17) is 16.3 Å². The van der Waals surface area contributed by atoms with Crippen molar-refractivity contribution < 1.29 is 9.53 Å². The molecule has 0 radical (unpaired) electrons. The zero-order chi connectivity index (χ0) is 19.7. The van der Waals surface area contributed by atoms with Crippen molar-refractivity contribution in [3.05, 3.63) is 94.4 Å². The highest BCUT2D eigenvalue weighted by atomic mass is 127. The van der Waals surface area contributed by atoms with Gasteiger partial charge in [-0.1, -0.05) is 53.7 Å². The van der Waals surface area contributed by atoms with Gasteiger partial charge in [-0.15, -0.1) is 0 Å². The van der Waals surface area contributed by atoms with Gasteiger partial charge in [-0.25, -0.2) is 0 Å². The number of benzene rings is 3. The third kappa shape index (κ3) is 4.27. The molecule has 0 fully saturated rings. The van der Waals surface area contributed by atoms with E-state index in [1.165, 1.54) is 11.8 Å². The Morgan fingerprint density at radius 1 is 1.00 bits per heavy atom. The largest absolute Gasteiger partial charge is 0.487 e. The number of hydrogen-bond acceptors (Lipinski definition) is 3. The maximum Gasteiger partial charge on any atom is 0.200 e. The lowest BCUT2D eigenvalue weighted by molar-refractivity contribution is 0.104. The molecule has 0 bridgehead atoms. The van der Waals surface area contributed by atoms with Gasteiger partial charge in [0.2, 0.25) is 5.78 Å². The number of hydrogen-bond donors (Lipinski definition) is 0. The Bertz CT molecular complexity index is 1090. The molecule has 3 aromatic rings. The minimum atomic E-state index is 0.0877. The van der Waals surface area contributed by atoms with Crippen molar-refractivity contribution in [2.24, 2.45) is 0 Å². The molecule has 0 N–H and O–H groups in total. The molecular weight excluding hydrogens is 618 g/mol. The zero-order valence-electron chi connectivity index (χ0n) is 14.4. The second-order valence-electron chi connectivity index (χ2n) is 6.13. The monoisotopic (exact) mass is 630 g/mol. The van der Waals surface area contributed by atoms with Crippen LogP contribution in [-0.4, -0.2) is 5.78 Å². The number of rotatable bonds is 4. The van der Waals surface area contributed by atoms with Crippen molar-refractivity contribution >= 4 is 80.4 Å². The lowest BCUT2D eigenvalue weighted by Crippen LogP contribution is -2.00. The maximum atomic E-state index is 12.6. The Balaban J connectivity index is 1.57. The highest BCUT2D eigenvalue weighted by Gasteiger charge is 2.25. The summed E-state index contributed by atoms with van der Waals surface area (Å²) >= 11 is 12.3. The van der Waals surface area contributed by atoms with Gasteiger partial charge in [0.1, 0.15) is 12.4 Å². The van der Waals surface area contributed by atoms with Crippen LogP contribution in [0.15, 0.2) is 70.5 Å². The molecule has 3 aromatic carbocycles. The highest BCUT2D eigenvalue weighted by molar-refractivity contribution is 14.1. The summed E-state index contributed by atoms with van der Waals surface area (Å²) in [6, 6.07) is 19.5. The van der Waals surface area contributed by atoms with Crippen LogP contribution in [0.4, 0.5) is 0 Å². The maximum absolute atomic E-state index is 12.6. The van der Waals surface area contributed by atoms with Gasteiger partial charge >= 0.3 is 0 Å². The van der Waals surface area contributed by atoms with Gasteiger partial charge in [-0.3, -0.25) is 4.79 Å². The summed E-state index contributed by atoms with van der Waals surface area (Å²) in [5.41, 5.74) is 2.72. The summed E-state index contributed by atoms with van der Waals surface area (Å²) in [6.45, 7) is 0.412. The quantitative estimate of drug-likeness (QED) is 0.221. The third-order valence-electron chi connectivity index (χ3n) is 4.22. The van der Waals surface area contributed by atoms with Gasteiger partial charge in [-0.2, -0.15) is 0 Å². The number of carbonyl (C=O) groups is 1. The molecule has 1 heterocycles. The first-order valence-corrected chi connectivity index (χ1v) is 11.8. The van der Waals surface area contributed by atoms with Gasteiger partial charge in [-0.05, 0) is 87.2 Å². The van der Waals surface area contributed by atoms with Crippen LogP contribution in [0.5, 0.6) is 5.75 Å². The normalized spacial score (nSPS) is 14.4. The molecule has 1 aliphatic heterocycles. The second kappa shape index (κ2) is 8.77. The van der Waals surface area contributed by atoms with Crippen molar-refractivity contribution in [3.8, 4) is 5.75 Å². The van der Waals surface area contributed by atoms with Crippen LogP contribution < -0.4 is 4.74 Å². The van der Waals surface area contributed by atoms with Crippen molar-refractivity contribution in [2.75, 3.05) is 0 Å². The molecule has 0 saturated carbocycles. The minimum absolute atomic E-state index is 0.0877. The predicted octanol–water partition coefficient (Wildman–Crippen LogP) is 7.46. The molecule has 0 aromatic heterocycles. The van der Waals surface area contributed by atoms with Gasteiger partial charge < -0.3 is 4.74 Å². The standard InChI is InChI=1S/C22H13ClI2O2S/c23-16-7-3-1-5-14(16)12-27-22-17(24)9-13(10-18(22)25)11-20-21(26)15-6-2-4-8-19(15)28-20/h1-11H,12H2/b20-11-. The van der Waals surface area contributed by atoms with Crippen LogP contribution >= 0.6 is 68.5 Å². The zero-order valence-corrected chi connectivity index (χ0v) is 20.3. The molecule has 140 valence electrons. The lowest BCUT2D eigenvalue weighted by Gasteiger charge is -2.12. The van der Waals surface area contributed by atoms with Crippen LogP contribution in [0, 0.1) is 7.14 Å². The summed E-state index contributed by atoms with van der Waals surface area (Å²) in [5.74, 6) is 0.918. The molecule has 0 amide bonds. The molecule has 6 heteroatoms. The van der Waals surface area contributed by atoms with Crippen LogP contribution in [0.3, 0.4) is 0 Å². The average molecular weight is 631 g/mol. The first-order chi connectivity index (χ1) is 13.5. The molecule has 0 aliphatic carbocycles. The van der Waals surface area contributed by atoms with E-state index in [1.54, 1.807) is 0 Å². The topological polar surface area (TPSA) is 26.3 Å². The molecule has 2 nitrogen and oxygen atoms in total.